The van der Waals surface area contributed by atoms with Crippen LogP contribution in [0, 0.1) is 5.92 Å². The van der Waals surface area contributed by atoms with Gasteiger partial charge in [-0.05, 0) is 130 Å². The molecular weight excluding hydrogens is 1090 g/mol. The number of hydrogen-bond acceptors (Lipinski definition) is 7. The quantitative estimate of drug-likeness (QED) is 0.166. The minimum absolute atomic E-state index is 0.0826. The number of nitrogens with zero attached hydrogens (tertiary/aromatic N) is 2. The maximum Gasteiger partial charge on any atom is 0.147 e. The first kappa shape index (κ1) is 48.7. The fraction of sp³-hybridized carbons (Fsp3) is 0.114. The molecule has 0 radical (unpaired) electrons. The number of allylic oxidation sites excluding steroid dienone is 3. The Morgan fingerprint density at radius 2 is 0.895 bits per heavy atom. The van der Waals surface area contributed by atoms with Gasteiger partial charge in [0.15, 0.2) is 0 Å². The predicted molar refractivity (Wildman–Crippen MR) is 362 cm³/mol. The van der Waals surface area contributed by atoms with Crippen molar-refractivity contribution in [1.82, 2.24) is 0 Å². The van der Waals surface area contributed by atoms with Crippen molar-refractivity contribution in [1.29, 1.82) is 0 Å². The monoisotopic (exact) mass is 1140 g/mol. The number of benzene rings is 11. The summed E-state index contributed by atoms with van der Waals surface area (Å²) < 4.78 is 26.1. The normalized spacial score (nSPS) is 17.5. The molecule has 7 heteroatoms. The van der Waals surface area contributed by atoms with Crippen molar-refractivity contribution in [2.24, 2.45) is 5.92 Å². The van der Waals surface area contributed by atoms with Crippen LogP contribution in [-0.4, -0.2) is 0 Å². The van der Waals surface area contributed by atoms with Crippen LogP contribution in [0.1, 0.15) is 56.9 Å². The van der Waals surface area contributed by atoms with Gasteiger partial charge in [-0.15, -0.1) is 22.7 Å². The number of fused-ring (bicyclic) bond motifs is 23. The van der Waals surface area contributed by atoms with Gasteiger partial charge in [-0.25, -0.2) is 0 Å². The standard InChI is InChI=1S/C79H54N2O3S2/c1-77(2)57-21-9-6-16-48(57)49-31-28-44(40-60(49)77)80(61-24-14-19-52-50-17-7-12-26-68(50)85-75(52)61)45-29-32-54-66(41-45)82-63-36-37-64-72(71(54)63)56-34-35-65-73(74(56)84-64)55-33-30-46(42-67(55)83-65)81(62-25-15-20-53-51-18-8-13-27-69(51)86-76(53)62)47-38-39-79(5)59-23-11-10-22-58(59)78(3,4)70(79)43-47/h6-43,70H,1-5H3. The molecule has 0 aliphatic heterocycles. The second-order valence-electron chi connectivity index (χ2n) is 25.3. The summed E-state index contributed by atoms with van der Waals surface area (Å²) in [4.78, 5) is 4.91. The molecule has 5 nitrogen and oxygen atoms in total. The molecule has 0 bridgehead atoms. The van der Waals surface area contributed by atoms with E-state index in [9.17, 15) is 0 Å². The van der Waals surface area contributed by atoms with Gasteiger partial charge in [-0.3, -0.25) is 0 Å². The Kier molecular flexibility index (Phi) is 9.64. The molecule has 0 saturated heterocycles. The maximum absolute atomic E-state index is 7.06. The molecule has 5 heterocycles. The minimum atomic E-state index is -0.164. The van der Waals surface area contributed by atoms with Crippen molar-refractivity contribution in [2.75, 3.05) is 9.80 Å². The predicted octanol–water partition coefficient (Wildman–Crippen LogP) is 23.4. The van der Waals surface area contributed by atoms with Gasteiger partial charge in [0.2, 0.25) is 0 Å². The molecule has 16 aromatic rings. The first-order valence-electron chi connectivity index (χ1n) is 29.8. The van der Waals surface area contributed by atoms with Crippen LogP contribution in [0.2, 0.25) is 0 Å². The van der Waals surface area contributed by atoms with Crippen LogP contribution in [0.5, 0.6) is 0 Å². The molecule has 2 atom stereocenters. The number of hydrogen-bond donors (Lipinski definition) is 0. The van der Waals surface area contributed by atoms with E-state index >= 15 is 0 Å². The summed E-state index contributed by atoms with van der Waals surface area (Å²) in [6.07, 6.45) is 7.37. The molecule has 0 amide bonds. The van der Waals surface area contributed by atoms with E-state index in [4.69, 9.17) is 13.3 Å². The SMILES string of the molecule is CC1(C)c2ccccc2-c2ccc(N(c3ccc4c(c3)oc3ccc5oc6c(ccc7oc8cc(N(C9=CC%10C(C)(C)c%11ccccc%11C%10(C)C=C9)c9cccc%10c9sc9ccccc9%10)ccc8c76)c5c34)c3cccc4c3sc3ccccc34)cc21. The summed E-state index contributed by atoms with van der Waals surface area (Å²) in [6, 6.07) is 78.0. The Morgan fingerprint density at radius 1 is 0.384 bits per heavy atom. The van der Waals surface area contributed by atoms with Crippen molar-refractivity contribution in [3.63, 3.8) is 0 Å². The molecule has 5 aromatic heterocycles. The van der Waals surface area contributed by atoms with Gasteiger partial charge in [0.25, 0.3) is 0 Å². The number of anilines is 5. The third kappa shape index (κ3) is 6.43. The van der Waals surface area contributed by atoms with Crippen LogP contribution in [0.3, 0.4) is 0 Å². The Morgan fingerprint density at radius 3 is 1.60 bits per heavy atom. The summed E-state index contributed by atoms with van der Waals surface area (Å²) in [5.74, 6) is 0.235. The summed E-state index contributed by atoms with van der Waals surface area (Å²) in [5.41, 5.74) is 19.2. The van der Waals surface area contributed by atoms with Gasteiger partial charge in [-0.2, -0.15) is 0 Å². The highest BCUT2D eigenvalue weighted by Gasteiger charge is 2.52. The van der Waals surface area contributed by atoms with Gasteiger partial charge in [-0.1, -0.05) is 162 Å². The molecule has 3 aliphatic rings. The van der Waals surface area contributed by atoms with Gasteiger partial charge >= 0.3 is 0 Å². The lowest BCUT2D eigenvalue weighted by Gasteiger charge is -2.39. The molecule has 86 heavy (non-hydrogen) atoms. The molecule has 3 aliphatic carbocycles. The van der Waals surface area contributed by atoms with E-state index in [0.717, 1.165) is 99.9 Å². The first-order valence-corrected chi connectivity index (χ1v) is 31.5. The van der Waals surface area contributed by atoms with Crippen LogP contribution < -0.4 is 9.80 Å². The summed E-state index contributed by atoms with van der Waals surface area (Å²) in [6.45, 7) is 12.0. The average Bonchev–Trinajstić information content (AvgIpc) is 1.61. The maximum atomic E-state index is 7.06. The van der Waals surface area contributed by atoms with E-state index < -0.39 is 0 Å². The summed E-state index contributed by atoms with van der Waals surface area (Å²) in [7, 11) is 0. The molecule has 2 unspecified atom stereocenters. The van der Waals surface area contributed by atoms with E-state index in [1.54, 1.807) is 0 Å². The number of furan rings is 3. The Balaban J connectivity index is 0.763. The molecule has 0 spiro atoms. The smallest absolute Gasteiger partial charge is 0.147 e. The van der Waals surface area contributed by atoms with Crippen molar-refractivity contribution >= 4 is 157 Å². The van der Waals surface area contributed by atoms with Gasteiger partial charge in [0.1, 0.15) is 33.5 Å². The van der Waals surface area contributed by atoms with Gasteiger partial charge in [0, 0.05) is 110 Å². The zero-order chi connectivity index (χ0) is 57.1. The lowest BCUT2D eigenvalue weighted by molar-refractivity contribution is 0.322. The minimum Gasteiger partial charge on any atom is -0.456 e. The Bertz CT molecular complexity index is 5740. The number of thiophene rings is 2. The molecule has 11 aromatic carbocycles. The zero-order valence-corrected chi connectivity index (χ0v) is 49.6. The van der Waals surface area contributed by atoms with E-state index in [0.29, 0.717) is 0 Å². The van der Waals surface area contributed by atoms with Crippen molar-refractivity contribution in [2.45, 2.75) is 50.9 Å². The van der Waals surface area contributed by atoms with E-state index in [-0.39, 0.29) is 22.2 Å². The van der Waals surface area contributed by atoms with Gasteiger partial charge in [0.05, 0.1) is 26.2 Å². The van der Waals surface area contributed by atoms with Crippen molar-refractivity contribution in [3.8, 4) is 11.1 Å². The van der Waals surface area contributed by atoms with E-state index in [1.807, 2.05) is 22.7 Å². The fourth-order valence-electron chi connectivity index (χ4n) is 16.0. The first-order chi connectivity index (χ1) is 42.0. The highest BCUT2D eigenvalue weighted by molar-refractivity contribution is 7.26. The lowest BCUT2D eigenvalue weighted by atomic mass is 9.66. The highest BCUT2D eigenvalue weighted by atomic mass is 32.1. The van der Waals surface area contributed by atoms with E-state index in [1.165, 1.54) is 73.7 Å². The van der Waals surface area contributed by atoms with Crippen LogP contribution in [0.4, 0.5) is 28.4 Å². The third-order valence-electron chi connectivity index (χ3n) is 20.1. The molecule has 410 valence electrons. The summed E-state index contributed by atoms with van der Waals surface area (Å²) in [5, 5.41) is 11.2. The zero-order valence-electron chi connectivity index (χ0n) is 48.0. The van der Waals surface area contributed by atoms with Gasteiger partial charge < -0.3 is 23.1 Å². The van der Waals surface area contributed by atoms with Crippen LogP contribution in [-0.2, 0) is 16.2 Å². The fourth-order valence-corrected chi connectivity index (χ4v) is 18.4. The Hall–Kier alpha value is -9.66. The summed E-state index contributed by atoms with van der Waals surface area (Å²) >= 11 is 3.71. The van der Waals surface area contributed by atoms with E-state index in [2.05, 4.69) is 275 Å². The number of rotatable bonds is 6. The molecule has 0 saturated carbocycles. The van der Waals surface area contributed by atoms with Crippen LogP contribution in [0.15, 0.2) is 249 Å². The second-order valence-corrected chi connectivity index (χ2v) is 27.4. The van der Waals surface area contributed by atoms with Crippen LogP contribution in [0.25, 0.3) is 117 Å². The molecule has 0 N–H and O–H groups in total. The average molecular weight is 1140 g/mol. The largest absolute Gasteiger partial charge is 0.456 e. The van der Waals surface area contributed by atoms with Crippen LogP contribution >= 0.6 is 22.7 Å². The lowest BCUT2D eigenvalue weighted by Crippen LogP contribution is -2.36. The van der Waals surface area contributed by atoms with Crippen molar-refractivity contribution in [3.05, 3.63) is 259 Å². The molecular formula is C79H54N2O3S2. The Labute approximate surface area is 503 Å². The second kappa shape index (κ2) is 17.0. The third-order valence-corrected chi connectivity index (χ3v) is 22.5. The molecule has 0 fully saturated rings. The topological polar surface area (TPSA) is 45.9 Å². The molecule has 19 rings (SSSR count). The van der Waals surface area contributed by atoms with Crippen molar-refractivity contribution < 1.29 is 13.3 Å². The highest BCUT2D eigenvalue weighted by Crippen LogP contribution is 2.59.